The first-order valence-corrected chi connectivity index (χ1v) is 10.5. The number of esters is 1. The van der Waals surface area contributed by atoms with E-state index >= 15 is 0 Å². The van der Waals surface area contributed by atoms with E-state index in [0.29, 0.717) is 18.0 Å². The van der Waals surface area contributed by atoms with Crippen LogP contribution in [0.5, 0.6) is 5.75 Å². The number of carbonyl (C=O) groups excluding carboxylic acids is 3. The van der Waals surface area contributed by atoms with Gasteiger partial charge < -0.3 is 19.7 Å². The van der Waals surface area contributed by atoms with E-state index in [9.17, 15) is 14.4 Å². The number of anilines is 1. The molecule has 31 heavy (non-hydrogen) atoms. The minimum atomic E-state index is -0.909. The van der Waals surface area contributed by atoms with Crippen molar-refractivity contribution in [2.75, 3.05) is 24.6 Å². The van der Waals surface area contributed by atoms with Gasteiger partial charge in [-0.2, -0.15) is 0 Å². The summed E-state index contributed by atoms with van der Waals surface area (Å²) in [4.78, 5) is 38.3. The topological polar surface area (TPSA) is 84.9 Å². The first-order chi connectivity index (χ1) is 15.0. The minimum Gasteiger partial charge on any atom is -0.482 e. The molecule has 0 saturated carbocycles. The monoisotopic (exact) mass is 424 g/mol. The van der Waals surface area contributed by atoms with Crippen molar-refractivity contribution in [3.8, 4) is 5.75 Å². The number of para-hydroxylation sites is 2. The Morgan fingerprint density at radius 2 is 1.84 bits per heavy atom. The summed E-state index contributed by atoms with van der Waals surface area (Å²) in [5.74, 6) is -0.290. The Morgan fingerprint density at radius 1 is 1.13 bits per heavy atom. The third kappa shape index (κ3) is 5.84. The molecule has 2 atom stereocenters. The number of ether oxygens (including phenoxy) is 2. The summed E-state index contributed by atoms with van der Waals surface area (Å²) in [7, 11) is 0. The van der Waals surface area contributed by atoms with Crippen LogP contribution in [0.15, 0.2) is 54.6 Å². The maximum atomic E-state index is 12.4. The Kier molecular flexibility index (Phi) is 7.65. The zero-order valence-corrected chi connectivity index (χ0v) is 17.9. The second-order valence-electron chi connectivity index (χ2n) is 7.44. The molecule has 1 aliphatic rings. The summed E-state index contributed by atoms with van der Waals surface area (Å²) in [5.41, 5.74) is 1.79. The molecule has 0 saturated heterocycles. The number of nitrogens with one attached hydrogen (secondary N) is 1. The molecule has 0 aromatic heterocycles. The number of rotatable bonds is 9. The molecule has 7 heteroatoms. The molecule has 0 bridgehead atoms. The summed E-state index contributed by atoms with van der Waals surface area (Å²) in [6.07, 6.45) is -0.0410. The predicted molar refractivity (Wildman–Crippen MR) is 117 cm³/mol. The fraction of sp³-hybridized carbons (Fsp3) is 0.375. The van der Waals surface area contributed by atoms with E-state index in [2.05, 4.69) is 12.2 Å². The predicted octanol–water partition coefficient (Wildman–Crippen LogP) is 3.04. The fourth-order valence-electron chi connectivity index (χ4n) is 3.50. The highest BCUT2D eigenvalue weighted by Crippen LogP contribution is 2.31. The van der Waals surface area contributed by atoms with Crippen molar-refractivity contribution in [1.29, 1.82) is 0 Å². The maximum Gasteiger partial charge on any atom is 0.308 e. The number of fused-ring (bicyclic) bond motifs is 1. The quantitative estimate of drug-likeness (QED) is 0.626. The highest BCUT2D eigenvalue weighted by atomic mass is 16.5. The normalized spacial score (nSPS) is 14.8. The van der Waals surface area contributed by atoms with E-state index in [1.54, 1.807) is 25.1 Å². The molecule has 0 radical (unpaired) electrons. The van der Waals surface area contributed by atoms with Gasteiger partial charge in [-0.3, -0.25) is 14.4 Å². The summed E-state index contributed by atoms with van der Waals surface area (Å²) >= 11 is 0. The van der Waals surface area contributed by atoms with Gasteiger partial charge in [0.05, 0.1) is 12.1 Å². The van der Waals surface area contributed by atoms with Crippen LogP contribution in [-0.2, 0) is 19.1 Å². The molecule has 1 N–H and O–H groups in total. The van der Waals surface area contributed by atoms with Crippen molar-refractivity contribution in [2.45, 2.75) is 38.7 Å². The molecule has 164 valence electrons. The SMILES string of the molecule is CC[C@@H](CNC(=O)[C@H](C)OC(=O)CCN1C(=O)COc2ccccc21)c1ccccc1. The average molecular weight is 424 g/mol. The van der Waals surface area contributed by atoms with Crippen LogP contribution in [-0.4, -0.2) is 43.6 Å². The van der Waals surface area contributed by atoms with E-state index in [1.807, 2.05) is 36.4 Å². The van der Waals surface area contributed by atoms with Gasteiger partial charge in [-0.05, 0) is 31.0 Å². The number of amides is 2. The number of benzene rings is 2. The van der Waals surface area contributed by atoms with Gasteiger partial charge >= 0.3 is 5.97 Å². The Hall–Kier alpha value is -3.35. The lowest BCUT2D eigenvalue weighted by atomic mass is 9.96. The van der Waals surface area contributed by atoms with Gasteiger partial charge in [-0.1, -0.05) is 49.4 Å². The molecule has 7 nitrogen and oxygen atoms in total. The third-order valence-electron chi connectivity index (χ3n) is 5.31. The van der Waals surface area contributed by atoms with Crippen LogP contribution in [0.25, 0.3) is 0 Å². The van der Waals surface area contributed by atoms with Gasteiger partial charge in [0.15, 0.2) is 12.7 Å². The van der Waals surface area contributed by atoms with Gasteiger partial charge in [0, 0.05) is 19.0 Å². The summed E-state index contributed by atoms with van der Waals surface area (Å²) in [6, 6.07) is 17.1. The summed E-state index contributed by atoms with van der Waals surface area (Å²) in [6.45, 7) is 4.19. The van der Waals surface area contributed by atoms with Crippen LogP contribution in [0.2, 0.25) is 0 Å². The summed E-state index contributed by atoms with van der Waals surface area (Å²) in [5, 5.41) is 2.87. The van der Waals surface area contributed by atoms with Crippen molar-refractivity contribution >= 4 is 23.5 Å². The van der Waals surface area contributed by atoms with Crippen molar-refractivity contribution in [1.82, 2.24) is 5.32 Å². The zero-order valence-electron chi connectivity index (χ0n) is 17.9. The molecule has 0 aliphatic carbocycles. The molecule has 0 spiro atoms. The molecule has 1 aliphatic heterocycles. The maximum absolute atomic E-state index is 12.4. The standard InChI is InChI=1S/C24H28N2O5/c1-3-18(19-9-5-4-6-10-19)15-25-24(29)17(2)31-23(28)13-14-26-20-11-7-8-12-21(20)30-16-22(26)27/h4-12,17-18H,3,13-16H2,1-2H3,(H,25,29)/t17-,18-/m0/s1. The number of hydrogen-bond donors (Lipinski definition) is 1. The molecule has 1 heterocycles. The smallest absolute Gasteiger partial charge is 0.308 e. The molecule has 2 aromatic carbocycles. The van der Waals surface area contributed by atoms with Crippen LogP contribution in [0.3, 0.4) is 0 Å². The summed E-state index contributed by atoms with van der Waals surface area (Å²) < 4.78 is 10.7. The van der Waals surface area contributed by atoms with Crippen LogP contribution < -0.4 is 15.0 Å². The number of nitrogens with zero attached hydrogens (tertiary/aromatic N) is 1. The molecule has 3 rings (SSSR count). The second-order valence-corrected chi connectivity index (χ2v) is 7.44. The number of hydrogen-bond acceptors (Lipinski definition) is 5. The van der Waals surface area contributed by atoms with Crippen molar-refractivity contribution < 1.29 is 23.9 Å². The van der Waals surface area contributed by atoms with Gasteiger partial charge in [0.1, 0.15) is 5.75 Å². The van der Waals surface area contributed by atoms with Crippen LogP contribution in [0, 0.1) is 0 Å². The Balaban J connectivity index is 1.47. The van der Waals surface area contributed by atoms with E-state index < -0.39 is 12.1 Å². The fourth-order valence-corrected chi connectivity index (χ4v) is 3.50. The van der Waals surface area contributed by atoms with Crippen molar-refractivity contribution in [3.05, 3.63) is 60.2 Å². The van der Waals surface area contributed by atoms with E-state index in [4.69, 9.17) is 9.47 Å². The van der Waals surface area contributed by atoms with Crippen molar-refractivity contribution in [2.24, 2.45) is 0 Å². The van der Waals surface area contributed by atoms with Crippen LogP contribution >= 0.6 is 0 Å². The molecule has 0 unspecified atom stereocenters. The van der Waals surface area contributed by atoms with Gasteiger partial charge in [0.25, 0.3) is 11.8 Å². The van der Waals surface area contributed by atoms with Crippen LogP contribution in [0.1, 0.15) is 38.2 Å². The Morgan fingerprint density at radius 3 is 2.58 bits per heavy atom. The molecule has 0 fully saturated rings. The first-order valence-electron chi connectivity index (χ1n) is 10.5. The lowest BCUT2D eigenvalue weighted by molar-refractivity contribution is -0.154. The van der Waals surface area contributed by atoms with Crippen molar-refractivity contribution in [3.63, 3.8) is 0 Å². The van der Waals surface area contributed by atoms with Crippen LogP contribution in [0.4, 0.5) is 5.69 Å². The lowest BCUT2D eigenvalue weighted by Gasteiger charge is -2.29. The number of carbonyl (C=O) groups is 3. The Bertz CT molecular complexity index is 915. The molecule has 2 aromatic rings. The van der Waals surface area contributed by atoms with Gasteiger partial charge in [-0.25, -0.2) is 0 Å². The largest absolute Gasteiger partial charge is 0.482 e. The first kappa shape index (κ1) is 22.3. The third-order valence-corrected chi connectivity index (χ3v) is 5.31. The molecular weight excluding hydrogens is 396 g/mol. The molecule has 2 amide bonds. The average Bonchev–Trinajstić information content (AvgIpc) is 2.79. The van der Waals surface area contributed by atoms with E-state index in [-0.39, 0.29) is 37.3 Å². The molecular formula is C24H28N2O5. The zero-order chi connectivity index (χ0) is 22.2. The highest BCUT2D eigenvalue weighted by Gasteiger charge is 2.26. The van der Waals surface area contributed by atoms with Gasteiger partial charge in [0.2, 0.25) is 0 Å². The minimum absolute atomic E-state index is 0.0146. The van der Waals surface area contributed by atoms with Gasteiger partial charge in [-0.15, -0.1) is 0 Å². The second kappa shape index (κ2) is 10.6. The Labute approximate surface area is 182 Å². The van der Waals surface area contributed by atoms with E-state index in [1.165, 1.54) is 4.90 Å². The highest BCUT2D eigenvalue weighted by molar-refractivity contribution is 5.98. The van der Waals surface area contributed by atoms with E-state index in [0.717, 1.165) is 12.0 Å². The lowest BCUT2D eigenvalue weighted by Crippen LogP contribution is -2.41.